The van der Waals surface area contributed by atoms with Gasteiger partial charge in [0, 0.05) is 0 Å². The fourth-order valence-electron chi connectivity index (χ4n) is 2.16. The van der Waals surface area contributed by atoms with E-state index in [1.165, 1.54) is 12.1 Å². The summed E-state index contributed by atoms with van der Waals surface area (Å²) in [6, 6.07) is 7.28. The lowest BCUT2D eigenvalue weighted by molar-refractivity contribution is 0.0933. The Labute approximate surface area is 142 Å². The summed E-state index contributed by atoms with van der Waals surface area (Å²) in [4.78, 5) is 16.4. The molecule has 0 saturated carbocycles. The van der Waals surface area contributed by atoms with Crippen LogP contribution in [0.4, 0.5) is 4.39 Å². The Morgan fingerprint density at radius 1 is 1.32 bits per heavy atom. The van der Waals surface area contributed by atoms with Crippen LogP contribution in [0.15, 0.2) is 30.3 Å². The van der Waals surface area contributed by atoms with Gasteiger partial charge in [0.2, 0.25) is 0 Å². The van der Waals surface area contributed by atoms with E-state index in [0.717, 1.165) is 0 Å². The zero-order valence-corrected chi connectivity index (χ0v) is 13.7. The van der Waals surface area contributed by atoms with Crippen LogP contribution in [0.2, 0.25) is 0 Å². The van der Waals surface area contributed by atoms with Crippen molar-refractivity contribution >= 4 is 5.91 Å². The van der Waals surface area contributed by atoms with Crippen molar-refractivity contribution in [3.05, 3.63) is 59.2 Å². The second kappa shape index (κ2) is 7.12. The molecule has 1 unspecified atom stereocenters. The molecule has 1 aromatic carbocycles. The maximum atomic E-state index is 13.5. The highest BCUT2D eigenvalue weighted by Gasteiger charge is 2.17. The first-order valence-corrected chi connectivity index (χ1v) is 7.64. The van der Waals surface area contributed by atoms with Crippen LogP contribution in [0.25, 0.3) is 0 Å². The zero-order valence-electron chi connectivity index (χ0n) is 13.7. The van der Waals surface area contributed by atoms with Crippen molar-refractivity contribution in [3.8, 4) is 5.75 Å². The van der Waals surface area contributed by atoms with E-state index in [4.69, 9.17) is 4.74 Å². The van der Waals surface area contributed by atoms with Crippen molar-refractivity contribution in [2.45, 2.75) is 26.5 Å². The number of hydrogen-bond acceptors (Lipinski definition) is 5. The summed E-state index contributed by atoms with van der Waals surface area (Å²) < 4.78 is 18.9. The monoisotopic (exact) mass is 344 g/mol. The molecule has 9 heteroatoms. The molecule has 8 nitrogen and oxygen atoms in total. The van der Waals surface area contributed by atoms with Crippen molar-refractivity contribution in [2.75, 3.05) is 0 Å². The van der Waals surface area contributed by atoms with Crippen LogP contribution in [-0.2, 0) is 6.61 Å². The lowest BCUT2D eigenvalue weighted by Gasteiger charge is -2.08. The first-order chi connectivity index (χ1) is 12.0. The minimum absolute atomic E-state index is 0.0664. The Bertz CT molecular complexity index is 875. The molecule has 3 aromatic rings. The number of H-pyrrole nitrogens is 2. The molecule has 130 valence electrons. The van der Waals surface area contributed by atoms with Crippen LogP contribution in [0.5, 0.6) is 5.75 Å². The van der Waals surface area contributed by atoms with Crippen LogP contribution in [-0.4, -0.2) is 31.3 Å². The molecule has 0 aliphatic rings. The molecule has 25 heavy (non-hydrogen) atoms. The summed E-state index contributed by atoms with van der Waals surface area (Å²) in [5.74, 6) is 0.476. The van der Waals surface area contributed by atoms with Crippen molar-refractivity contribution < 1.29 is 13.9 Å². The van der Waals surface area contributed by atoms with Crippen molar-refractivity contribution in [3.63, 3.8) is 0 Å². The standard InChI is InChI=1S/C16H17FN6O2/c1-9(15-19-10(2)20-23-15)18-16(24)13-7-11(21-22-13)8-25-14-6-4-3-5-12(14)17/h3-7,9H,8H2,1-2H3,(H,18,24)(H,21,22)(H,19,20,23). The van der Waals surface area contributed by atoms with Gasteiger partial charge in [-0.2, -0.15) is 10.2 Å². The van der Waals surface area contributed by atoms with Gasteiger partial charge in [-0.25, -0.2) is 9.37 Å². The van der Waals surface area contributed by atoms with Gasteiger partial charge in [-0.1, -0.05) is 12.1 Å². The molecule has 2 aromatic heterocycles. The largest absolute Gasteiger partial charge is 0.484 e. The fraction of sp³-hybridized carbons (Fsp3) is 0.250. The number of aromatic amines is 2. The second-order valence-electron chi connectivity index (χ2n) is 5.47. The van der Waals surface area contributed by atoms with E-state index >= 15 is 0 Å². The number of aryl methyl sites for hydroxylation is 1. The Balaban J connectivity index is 1.59. The summed E-state index contributed by atoms with van der Waals surface area (Å²) in [6.07, 6.45) is 0. The molecule has 0 aliphatic carbocycles. The van der Waals surface area contributed by atoms with Crippen LogP contribution in [0, 0.1) is 12.7 Å². The summed E-state index contributed by atoms with van der Waals surface area (Å²) in [7, 11) is 0. The van der Waals surface area contributed by atoms with E-state index in [0.29, 0.717) is 17.3 Å². The molecular weight excluding hydrogens is 327 g/mol. The van der Waals surface area contributed by atoms with E-state index in [-0.39, 0.29) is 30.0 Å². The van der Waals surface area contributed by atoms with E-state index in [1.54, 1.807) is 32.0 Å². The lowest BCUT2D eigenvalue weighted by atomic mass is 10.3. The number of para-hydroxylation sites is 1. The molecule has 3 N–H and O–H groups in total. The Morgan fingerprint density at radius 2 is 2.12 bits per heavy atom. The molecule has 0 aliphatic heterocycles. The molecule has 0 radical (unpaired) electrons. The second-order valence-corrected chi connectivity index (χ2v) is 5.47. The molecule has 0 saturated heterocycles. The summed E-state index contributed by atoms with van der Waals surface area (Å²) in [6.45, 7) is 3.62. The smallest absolute Gasteiger partial charge is 0.272 e. The Kier molecular flexibility index (Phi) is 4.73. The summed E-state index contributed by atoms with van der Waals surface area (Å²) >= 11 is 0. The molecule has 1 amide bonds. The highest BCUT2D eigenvalue weighted by Crippen LogP contribution is 2.17. The van der Waals surface area contributed by atoms with Gasteiger partial charge in [0.05, 0.1) is 11.7 Å². The first-order valence-electron chi connectivity index (χ1n) is 7.64. The van der Waals surface area contributed by atoms with Crippen LogP contribution >= 0.6 is 0 Å². The number of aromatic nitrogens is 5. The van der Waals surface area contributed by atoms with Crippen molar-refractivity contribution in [1.29, 1.82) is 0 Å². The third-order valence-electron chi connectivity index (χ3n) is 3.43. The van der Waals surface area contributed by atoms with Crippen molar-refractivity contribution in [2.24, 2.45) is 0 Å². The average molecular weight is 344 g/mol. The minimum atomic E-state index is -0.449. The van der Waals surface area contributed by atoms with Crippen LogP contribution in [0.1, 0.15) is 40.8 Å². The van der Waals surface area contributed by atoms with E-state index in [1.807, 2.05) is 0 Å². The highest BCUT2D eigenvalue weighted by molar-refractivity contribution is 5.92. The Morgan fingerprint density at radius 3 is 2.84 bits per heavy atom. The van der Waals surface area contributed by atoms with Gasteiger partial charge < -0.3 is 10.1 Å². The van der Waals surface area contributed by atoms with Gasteiger partial charge in [0.25, 0.3) is 5.91 Å². The minimum Gasteiger partial charge on any atom is -0.484 e. The number of ether oxygens (including phenoxy) is 1. The number of carbonyl (C=O) groups excluding carboxylic acids is 1. The SMILES string of the molecule is Cc1nc(C(C)NC(=O)c2cc(COc3ccccc3F)[nH]n2)n[nH]1. The normalized spacial score (nSPS) is 12.0. The van der Waals surface area contributed by atoms with Crippen molar-refractivity contribution in [1.82, 2.24) is 30.7 Å². The van der Waals surface area contributed by atoms with Crippen LogP contribution < -0.4 is 10.1 Å². The lowest BCUT2D eigenvalue weighted by Crippen LogP contribution is -2.27. The number of nitrogens with zero attached hydrogens (tertiary/aromatic N) is 3. The maximum absolute atomic E-state index is 13.5. The number of carbonyl (C=O) groups is 1. The molecule has 0 bridgehead atoms. The predicted octanol–water partition coefficient (Wildman–Crippen LogP) is 2.05. The molecule has 0 spiro atoms. The number of hydrogen-bond donors (Lipinski definition) is 3. The first kappa shape index (κ1) is 16.6. The van der Waals surface area contributed by atoms with Crippen LogP contribution in [0.3, 0.4) is 0 Å². The topological polar surface area (TPSA) is 109 Å². The highest BCUT2D eigenvalue weighted by atomic mass is 19.1. The number of amides is 1. The zero-order chi connectivity index (χ0) is 17.8. The van der Waals surface area contributed by atoms with E-state index < -0.39 is 5.82 Å². The molecule has 2 heterocycles. The summed E-state index contributed by atoms with van der Waals surface area (Å²) in [5.41, 5.74) is 0.751. The van der Waals surface area contributed by atoms with E-state index in [2.05, 4.69) is 30.7 Å². The number of nitrogens with one attached hydrogen (secondary N) is 3. The van der Waals surface area contributed by atoms with Gasteiger partial charge in [-0.05, 0) is 32.0 Å². The van der Waals surface area contributed by atoms with Gasteiger partial charge in [0.15, 0.2) is 17.4 Å². The maximum Gasteiger partial charge on any atom is 0.272 e. The third kappa shape index (κ3) is 4.00. The number of rotatable bonds is 6. The molecule has 0 fully saturated rings. The van der Waals surface area contributed by atoms with Gasteiger partial charge in [-0.15, -0.1) is 0 Å². The molecule has 1 atom stereocenters. The van der Waals surface area contributed by atoms with E-state index in [9.17, 15) is 9.18 Å². The predicted molar refractivity (Wildman–Crippen MR) is 86.3 cm³/mol. The number of halogens is 1. The average Bonchev–Trinajstić information content (AvgIpc) is 3.23. The number of benzene rings is 1. The van der Waals surface area contributed by atoms with Gasteiger partial charge >= 0.3 is 0 Å². The quantitative estimate of drug-likeness (QED) is 0.634. The molecular formula is C16H17FN6O2. The van der Waals surface area contributed by atoms with Gasteiger partial charge in [0.1, 0.15) is 18.1 Å². The fourth-order valence-corrected chi connectivity index (χ4v) is 2.16. The molecule has 3 rings (SSSR count). The Hall–Kier alpha value is -3.23. The summed E-state index contributed by atoms with van der Waals surface area (Å²) in [5, 5.41) is 16.1. The van der Waals surface area contributed by atoms with Gasteiger partial charge in [-0.3, -0.25) is 15.0 Å². The third-order valence-corrected chi connectivity index (χ3v) is 3.43.